The SMILES string of the molecule is Cc1c(C(=O)Nc2cnn(Cc3ccc(Cl)cc3)c2)c(-c2ccccc2)nn1-c1ccccc1. The maximum atomic E-state index is 13.5. The number of halogens is 1. The minimum Gasteiger partial charge on any atom is -0.319 e. The van der Waals surface area contributed by atoms with Crippen molar-refractivity contribution in [3.05, 3.63) is 119 Å². The molecule has 5 rings (SSSR count). The fourth-order valence-corrected chi connectivity index (χ4v) is 4.00. The molecule has 0 aliphatic heterocycles. The zero-order valence-electron chi connectivity index (χ0n) is 18.5. The summed E-state index contributed by atoms with van der Waals surface area (Å²) in [5, 5.41) is 12.9. The second-order valence-electron chi connectivity index (χ2n) is 7.93. The molecule has 0 bridgehead atoms. The summed E-state index contributed by atoms with van der Waals surface area (Å²) >= 11 is 5.97. The summed E-state index contributed by atoms with van der Waals surface area (Å²) in [6, 6.07) is 27.1. The minimum atomic E-state index is -0.232. The van der Waals surface area contributed by atoms with E-state index in [1.165, 1.54) is 0 Å². The van der Waals surface area contributed by atoms with Crippen LogP contribution in [0.4, 0.5) is 5.69 Å². The lowest BCUT2D eigenvalue weighted by atomic mass is 10.1. The minimum absolute atomic E-state index is 0.232. The Kier molecular flexibility index (Phi) is 5.97. The number of anilines is 1. The highest BCUT2D eigenvalue weighted by Gasteiger charge is 2.23. The predicted molar refractivity (Wildman–Crippen MR) is 134 cm³/mol. The molecule has 0 unspecified atom stereocenters. The summed E-state index contributed by atoms with van der Waals surface area (Å²) in [5.41, 5.74) is 5.38. The van der Waals surface area contributed by atoms with E-state index in [1.54, 1.807) is 15.6 Å². The Balaban J connectivity index is 1.45. The molecule has 0 radical (unpaired) electrons. The lowest BCUT2D eigenvalue weighted by Gasteiger charge is -2.06. The lowest BCUT2D eigenvalue weighted by Crippen LogP contribution is -2.13. The number of nitrogens with one attached hydrogen (secondary N) is 1. The number of rotatable bonds is 6. The molecule has 0 spiro atoms. The van der Waals surface area contributed by atoms with Crippen LogP contribution in [0.5, 0.6) is 0 Å². The van der Waals surface area contributed by atoms with Crippen molar-refractivity contribution in [2.24, 2.45) is 0 Å². The van der Waals surface area contributed by atoms with Gasteiger partial charge in [0.25, 0.3) is 5.91 Å². The van der Waals surface area contributed by atoms with Gasteiger partial charge in [-0.05, 0) is 36.8 Å². The van der Waals surface area contributed by atoms with Crippen LogP contribution in [0.1, 0.15) is 21.6 Å². The molecule has 168 valence electrons. The van der Waals surface area contributed by atoms with Crippen LogP contribution in [-0.4, -0.2) is 25.5 Å². The highest BCUT2D eigenvalue weighted by molar-refractivity contribution is 6.30. The molecular formula is C27H22ClN5O. The molecule has 0 fully saturated rings. The number of carbonyl (C=O) groups excluding carboxylic acids is 1. The first-order chi connectivity index (χ1) is 16.6. The van der Waals surface area contributed by atoms with E-state index < -0.39 is 0 Å². The molecule has 2 aromatic heterocycles. The van der Waals surface area contributed by atoms with Crippen LogP contribution in [0, 0.1) is 6.92 Å². The Hall–Kier alpha value is -4.16. The number of hydrogen-bond donors (Lipinski definition) is 1. The molecule has 0 aliphatic carbocycles. The molecule has 0 saturated heterocycles. The largest absolute Gasteiger partial charge is 0.319 e. The monoisotopic (exact) mass is 467 g/mol. The molecule has 0 aliphatic rings. The summed E-state index contributed by atoms with van der Waals surface area (Å²) in [4.78, 5) is 13.5. The van der Waals surface area contributed by atoms with Gasteiger partial charge in [-0.15, -0.1) is 0 Å². The maximum absolute atomic E-state index is 13.5. The number of hydrogen-bond acceptors (Lipinski definition) is 3. The van der Waals surface area contributed by atoms with Crippen LogP contribution in [0.2, 0.25) is 5.02 Å². The Morgan fingerprint density at radius 2 is 1.62 bits per heavy atom. The highest BCUT2D eigenvalue weighted by atomic mass is 35.5. The van der Waals surface area contributed by atoms with E-state index in [9.17, 15) is 4.79 Å². The van der Waals surface area contributed by atoms with Crippen LogP contribution in [0.25, 0.3) is 16.9 Å². The summed E-state index contributed by atoms with van der Waals surface area (Å²) in [6.07, 6.45) is 3.46. The molecule has 3 aromatic carbocycles. The molecule has 7 heteroatoms. The van der Waals surface area contributed by atoms with Gasteiger partial charge in [0.15, 0.2) is 0 Å². The van der Waals surface area contributed by atoms with Crippen LogP contribution in [0.15, 0.2) is 97.3 Å². The number of benzene rings is 3. The third kappa shape index (κ3) is 4.49. The summed E-state index contributed by atoms with van der Waals surface area (Å²) in [6.45, 7) is 2.48. The summed E-state index contributed by atoms with van der Waals surface area (Å²) in [5.74, 6) is -0.232. The lowest BCUT2D eigenvalue weighted by molar-refractivity contribution is 0.102. The van der Waals surface area contributed by atoms with E-state index >= 15 is 0 Å². The van der Waals surface area contributed by atoms with Gasteiger partial charge in [-0.25, -0.2) is 4.68 Å². The van der Waals surface area contributed by atoms with Gasteiger partial charge in [0.2, 0.25) is 0 Å². The van der Waals surface area contributed by atoms with Gasteiger partial charge in [-0.3, -0.25) is 9.48 Å². The van der Waals surface area contributed by atoms with Crippen molar-refractivity contribution < 1.29 is 4.79 Å². The number of nitrogens with zero attached hydrogens (tertiary/aromatic N) is 4. The van der Waals surface area contributed by atoms with Crippen LogP contribution in [0.3, 0.4) is 0 Å². The molecule has 1 N–H and O–H groups in total. The van der Waals surface area contributed by atoms with E-state index in [1.807, 2.05) is 98.0 Å². The van der Waals surface area contributed by atoms with Crippen molar-refractivity contribution in [2.45, 2.75) is 13.5 Å². The van der Waals surface area contributed by atoms with E-state index in [2.05, 4.69) is 10.4 Å². The van der Waals surface area contributed by atoms with Gasteiger partial charge >= 0.3 is 0 Å². The zero-order valence-corrected chi connectivity index (χ0v) is 19.3. The number of aromatic nitrogens is 4. The number of para-hydroxylation sites is 1. The van der Waals surface area contributed by atoms with Crippen molar-refractivity contribution in [3.63, 3.8) is 0 Å². The van der Waals surface area contributed by atoms with Crippen molar-refractivity contribution in [1.82, 2.24) is 19.6 Å². The number of amides is 1. The summed E-state index contributed by atoms with van der Waals surface area (Å²) < 4.78 is 3.58. The number of carbonyl (C=O) groups is 1. The Bertz CT molecular complexity index is 1420. The first-order valence-electron chi connectivity index (χ1n) is 10.9. The van der Waals surface area contributed by atoms with E-state index in [-0.39, 0.29) is 5.91 Å². The first kappa shape index (κ1) is 21.7. The third-order valence-corrected chi connectivity index (χ3v) is 5.79. The molecule has 0 saturated carbocycles. The van der Waals surface area contributed by atoms with Crippen molar-refractivity contribution >= 4 is 23.2 Å². The predicted octanol–water partition coefficient (Wildman–Crippen LogP) is 6.00. The maximum Gasteiger partial charge on any atom is 0.259 e. The second-order valence-corrected chi connectivity index (χ2v) is 8.37. The smallest absolute Gasteiger partial charge is 0.259 e. The Morgan fingerprint density at radius 3 is 2.32 bits per heavy atom. The zero-order chi connectivity index (χ0) is 23.5. The second kappa shape index (κ2) is 9.37. The van der Waals surface area contributed by atoms with E-state index in [4.69, 9.17) is 16.7 Å². The van der Waals surface area contributed by atoms with Gasteiger partial charge in [-0.1, -0.05) is 72.3 Å². The third-order valence-electron chi connectivity index (χ3n) is 5.54. The summed E-state index contributed by atoms with van der Waals surface area (Å²) in [7, 11) is 0. The normalized spacial score (nSPS) is 10.9. The molecular weight excluding hydrogens is 446 g/mol. The Morgan fingerprint density at radius 1 is 0.941 bits per heavy atom. The fourth-order valence-electron chi connectivity index (χ4n) is 3.88. The fraction of sp³-hybridized carbons (Fsp3) is 0.0741. The van der Waals surface area contributed by atoms with E-state index in [0.29, 0.717) is 28.5 Å². The first-order valence-corrected chi connectivity index (χ1v) is 11.2. The van der Waals surface area contributed by atoms with Gasteiger partial charge < -0.3 is 5.32 Å². The van der Waals surface area contributed by atoms with Crippen molar-refractivity contribution in [1.29, 1.82) is 0 Å². The van der Waals surface area contributed by atoms with Gasteiger partial charge in [0.05, 0.1) is 35.4 Å². The topological polar surface area (TPSA) is 64.7 Å². The van der Waals surface area contributed by atoms with Crippen LogP contribution >= 0.6 is 11.6 Å². The molecule has 0 atom stereocenters. The van der Waals surface area contributed by atoms with Gasteiger partial charge in [-0.2, -0.15) is 10.2 Å². The van der Waals surface area contributed by atoms with Crippen LogP contribution < -0.4 is 5.32 Å². The molecule has 34 heavy (non-hydrogen) atoms. The van der Waals surface area contributed by atoms with Crippen molar-refractivity contribution in [3.8, 4) is 16.9 Å². The van der Waals surface area contributed by atoms with Gasteiger partial charge in [0.1, 0.15) is 5.69 Å². The average molecular weight is 468 g/mol. The molecule has 5 aromatic rings. The van der Waals surface area contributed by atoms with Gasteiger partial charge in [0, 0.05) is 16.8 Å². The van der Waals surface area contributed by atoms with E-state index in [0.717, 1.165) is 22.5 Å². The Labute approximate surface area is 202 Å². The average Bonchev–Trinajstić information content (AvgIpc) is 3.45. The highest BCUT2D eigenvalue weighted by Crippen LogP contribution is 2.28. The quantitative estimate of drug-likeness (QED) is 0.333. The molecule has 6 nitrogen and oxygen atoms in total. The standard InChI is InChI=1S/C27H22ClN5O/c1-19-25(26(21-8-4-2-5-9-21)31-33(19)24-10-6-3-7-11-24)27(34)30-23-16-29-32(18-23)17-20-12-14-22(28)15-13-20/h2-16,18H,17H2,1H3,(H,30,34). The molecule has 1 amide bonds. The van der Waals surface area contributed by atoms with Crippen molar-refractivity contribution in [2.75, 3.05) is 5.32 Å². The molecule has 2 heterocycles. The van der Waals surface area contributed by atoms with Crippen LogP contribution in [-0.2, 0) is 6.54 Å².